The van der Waals surface area contributed by atoms with Crippen molar-refractivity contribution < 1.29 is 14.3 Å². The van der Waals surface area contributed by atoms with Gasteiger partial charge in [0, 0.05) is 36.2 Å². The van der Waals surface area contributed by atoms with Crippen molar-refractivity contribution in [3.8, 4) is 0 Å². The molecule has 0 saturated carbocycles. The monoisotopic (exact) mass is 350 g/mol. The van der Waals surface area contributed by atoms with E-state index >= 15 is 0 Å². The predicted octanol–water partition coefficient (Wildman–Crippen LogP) is 2.43. The molecule has 0 aliphatic carbocycles. The van der Waals surface area contributed by atoms with Crippen molar-refractivity contribution in [2.45, 2.75) is 13.0 Å². The summed E-state index contributed by atoms with van der Waals surface area (Å²) < 4.78 is 6.38. The molecule has 2 N–H and O–H groups in total. The minimum absolute atomic E-state index is 0.151. The molecule has 7 heteroatoms. The van der Waals surface area contributed by atoms with E-state index < -0.39 is 0 Å². The number of hydrogen-bond donors (Lipinski definition) is 1. The summed E-state index contributed by atoms with van der Waals surface area (Å²) in [5.41, 5.74) is 9.73. The molecule has 4 rings (SSSR count). The number of hydrogen-bond acceptors (Lipinski definition) is 5. The first kappa shape index (κ1) is 16.1. The molecule has 0 unspecified atom stereocenters. The van der Waals surface area contributed by atoms with Crippen molar-refractivity contribution in [2.24, 2.45) is 0 Å². The molecular formula is C19H18N4O3. The van der Waals surface area contributed by atoms with E-state index in [4.69, 9.17) is 10.5 Å². The SMILES string of the molecule is COC(=O)N1CCc2c(cncc2C(=O)n2ccc3c(N)cccc32)C1. The van der Waals surface area contributed by atoms with Gasteiger partial charge in [-0.25, -0.2) is 4.79 Å². The number of aromatic nitrogens is 2. The Hall–Kier alpha value is -3.35. The van der Waals surface area contributed by atoms with Crippen LogP contribution in [0.5, 0.6) is 0 Å². The third kappa shape index (κ3) is 2.48. The molecule has 132 valence electrons. The number of anilines is 1. The zero-order valence-electron chi connectivity index (χ0n) is 14.3. The number of nitrogen functional groups attached to an aromatic ring is 1. The van der Waals surface area contributed by atoms with Gasteiger partial charge in [0.2, 0.25) is 0 Å². The summed E-state index contributed by atoms with van der Waals surface area (Å²) in [6, 6.07) is 7.34. The fourth-order valence-electron chi connectivity index (χ4n) is 3.46. The molecule has 1 amide bonds. The van der Waals surface area contributed by atoms with Gasteiger partial charge in [-0.05, 0) is 35.7 Å². The van der Waals surface area contributed by atoms with Crippen molar-refractivity contribution in [1.29, 1.82) is 0 Å². The average molecular weight is 350 g/mol. The number of pyridine rings is 1. The maximum absolute atomic E-state index is 13.2. The zero-order valence-corrected chi connectivity index (χ0v) is 14.3. The highest BCUT2D eigenvalue weighted by Gasteiger charge is 2.26. The Kier molecular flexibility index (Phi) is 3.84. The number of carbonyl (C=O) groups excluding carboxylic acids is 2. The van der Waals surface area contributed by atoms with Crippen LogP contribution in [0.1, 0.15) is 21.5 Å². The summed E-state index contributed by atoms with van der Waals surface area (Å²) >= 11 is 0. The van der Waals surface area contributed by atoms with Gasteiger partial charge >= 0.3 is 6.09 Å². The predicted molar refractivity (Wildman–Crippen MR) is 96.8 cm³/mol. The van der Waals surface area contributed by atoms with Gasteiger partial charge in [-0.15, -0.1) is 0 Å². The number of nitrogens with zero attached hydrogens (tertiary/aromatic N) is 3. The first-order valence-electron chi connectivity index (χ1n) is 8.29. The van der Waals surface area contributed by atoms with Crippen LogP contribution in [-0.2, 0) is 17.7 Å². The Labute approximate surface area is 150 Å². The van der Waals surface area contributed by atoms with E-state index in [0.29, 0.717) is 30.8 Å². The van der Waals surface area contributed by atoms with Crippen LogP contribution in [0.25, 0.3) is 10.9 Å². The number of fused-ring (bicyclic) bond motifs is 2. The normalized spacial score (nSPS) is 13.5. The van der Waals surface area contributed by atoms with Crippen molar-refractivity contribution in [3.63, 3.8) is 0 Å². The van der Waals surface area contributed by atoms with E-state index in [1.807, 2.05) is 24.3 Å². The lowest BCUT2D eigenvalue weighted by atomic mass is 9.97. The lowest BCUT2D eigenvalue weighted by Gasteiger charge is -2.28. The Morgan fingerprint density at radius 2 is 2.08 bits per heavy atom. The highest BCUT2D eigenvalue weighted by Crippen LogP contribution is 2.26. The molecule has 1 aliphatic rings. The summed E-state index contributed by atoms with van der Waals surface area (Å²) in [6.07, 6.45) is 5.22. The molecule has 7 nitrogen and oxygen atoms in total. The van der Waals surface area contributed by atoms with Crippen LogP contribution in [0, 0.1) is 0 Å². The molecular weight excluding hydrogens is 332 g/mol. The molecule has 0 bridgehead atoms. The molecule has 3 aromatic rings. The van der Waals surface area contributed by atoms with Crippen LogP contribution in [0.2, 0.25) is 0 Å². The van der Waals surface area contributed by atoms with Crippen molar-refractivity contribution in [2.75, 3.05) is 19.4 Å². The quantitative estimate of drug-likeness (QED) is 0.681. The van der Waals surface area contributed by atoms with Gasteiger partial charge in [0.15, 0.2) is 0 Å². The maximum Gasteiger partial charge on any atom is 0.409 e. The summed E-state index contributed by atoms with van der Waals surface area (Å²) in [6.45, 7) is 0.888. The smallest absolute Gasteiger partial charge is 0.409 e. The summed E-state index contributed by atoms with van der Waals surface area (Å²) in [7, 11) is 1.36. The maximum atomic E-state index is 13.2. The van der Waals surface area contributed by atoms with Crippen molar-refractivity contribution >= 4 is 28.6 Å². The fraction of sp³-hybridized carbons (Fsp3) is 0.211. The number of benzene rings is 1. The largest absolute Gasteiger partial charge is 0.453 e. The Morgan fingerprint density at radius 3 is 2.88 bits per heavy atom. The Balaban J connectivity index is 1.74. The summed E-state index contributed by atoms with van der Waals surface area (Å²) in [5.74, 6) is -0.151. The molecule has 0 atom stereocenters. The van der Waals surface area contributed by atoms with Gasteiger partial charge in [-0.1, -0.05) is 6.07 Å². The van der Waals surface area contributed by atoms with Gasteiger partial charge in [-0.2, -0.15) is 0 Å². The average Bonchev–Trinajstić information content (AvgIpc) is 3.11. The molecule has 1 aromatic carbocycles. The summed E-state index contributed by atoms with van der Waals surface area (Å²) in [4.78, 5) is 30.7. The highest BCUT2D eigenvalue weighted by atomic mass is 16.5. The van der Waals surface area contributed by atoms with Crippen molar-refractivity contribution in [3.05, 3.63) is 59.5 Å². The molecule has 0 radical (unpaired) electrons. The number of rotatable bonds is 1. The first-order chi connectivity index (χ1) is 12.6. The highest BCUT2D eigenvalue weighted by molar-refractivity contribution is 6.05. The lowest BCUT2D eigenvalue weighted by molar-refractivity contribution is 0.0962. The Morgan fingerprint density at radius 1 is 1.23 bits per heavy atom. The van der Waals surface area contributed by atoms with Gasteiger partial charge in [0.1, 0.15) is 0 Å². The third-order valence-electron chi connectivity index (χ3n) is 4.79. The number of nitrogens with two attached hydrogens (primary N) is 1. The topological polar surface area (TPSA) is 90.5 Å². The molecule has 26 heavy (non-hydrogen) atoms. The number of methoxy groups -OCH3 is 1. The zero-order chi connectivity index (χ0) is 18.3. The standard InChI is InChI=1S/C19H18N4O3/c1-26-19(25)22-7-5-13-12(11-22)9-21-10-15(13)18(24)23-8-6-14-16(20)3-2-4-17(14)23/h2-4,6,8-10H,5,7,11,20H2,1H3. The van der Waals surface area contributed by atoms with Crippen molar-refractivity contribution in [1.82, 2.24) is 14.5 Å². The van der Waals surface area contributed by atoms with Gasteiger partial charge in [0.05, 0.1) is 24.7 Å². The minimum Gasteiger partial charge on any atom is -0.453 e. The van der Waals surface area contributed by atoms with E-state index in [1.54, 1.807) is 28.1 Å². The second-order valence-electron chi connectivity index (χ2n) is 6.24. The molecule has 0 saturated heterocycles. The van der Waals surface area contributed by atoms with E-state index in [2.05, 4.69) is 4.98 Å². The van der Waals surface area contributed by atoms with Crippen LogP contribution >= 0.6 is 0 Å². The van der Waals surface area contributed by atoms with E-state index in [0.717, 1.165) is 22.0 Å². The van der Waals surface area contributed by atoms with Crippen LogP contribution in [0.3, 0.4) is 0 Å². The molecule has 0 fully saturated rings. The fourth-order valence-corrected chi connectivity index (χ4v) is 3.46. The molecule has 3 heterocycles. The second kappa shape index (κ2) is 6.18. The molecule has 2 aromatic heterocycles. The van der Waals surface area contributed by atoms with Gasteiger partial charge in [-0.3, -0.25) is 14.3 Å². The van der Waals surface area contributed by atoms with Crippen LogP contribution in [0.4, 0.5) is 10.5 Å². The summed E-state index contributed by atoms with van der Waals surface area (Å²) in [5, 5.41) is 0.843. The minimum atomic E-state index is -0.376. The number of amides is 1. The number of carbonyl (C=O) groups is 2. The second-order valence-corrected chi connectivity index (χ2v) is 6.24. The third-order valence-corrected chi connectivity index (χ3v) is 4.79. The Bertz CT molecular complexity index is 1020. The van der Waals surface area contributed by atoms with Gasteiger partial charge < -0.3 is 15.4 Å². The van der Waals surface area contributed by atoms with E-state index in [-0.39, 0.29) is 12.0 Å². The van der Waals surface area contributed by atoms with Gasteiger partial charge in [0.25, 0.3) is 5.91 Å². The van der Waals surface area contributed by atoms with Crippen LogP contribution in [0.15, 0.2) is 42.9 Å². The van der Waals surface area contributed by atoms with E-state index in [9.17, 15) is 9.59 Å². The first-order valence-corrected chi connectivity index (χ1v) is 8.29. The molecule has 0 spiro atoms. The van der Waals surface area contributed by atoms with Crippen LogP contribution < -0.4 is 5.73 Å². The molecule has 1 aliphatic heterocycles. The lowest BCUT2D eigenvalue weighted by Crippen LogP contribution is -2.36. The van der Waals surface area contributed by atoms with Crippen LogP contribution in [-0.4, -0.2) is 40.1 Å². The number of ether oxygens (including phenoxy) is 1. The van der Waals surface area contributed by atoms with E-state index in [1.165, 1.54) is 7.11 Å².